The molecule has 0 aliphatic carbocycles. The Bertz CT molecular complexity index is 523. The number of rotatable bonds is 7. The smallest absolute Gasteiger partial charge is 0.226 e. The number of aromatic nitrogens is 4. The average Bonchev–Trinajstić information content (AvgIpc) is 2.81. The van der Waals surface area contributed by atoms with Gasteiger partial charge in [0, 0.05) is 25.3 Å². The predicted molar refractivity (Wildman–Crippen MR) is 74.5 cm³/mol. The quantitative estimate of drug-likeness (QED) is 0.775. The fourth-order valence-corrected chi connectivity index (χ4v) is 1.82. The van der Waals surface area contributed by atoms with Crippen molar-refractivity contribution in [3.8, 4) is 0 Å². The number of fused-ring (bicyclic) bond motifs is 1. The van der Waals surface area contributed by atoms with E-state index < -0.39 is 0 Å². The van der Waals surface area contributed by atoms with Gasteiger partial charge in [0.2, 0.25) is 5.95 Å². The molecule has 0 saturated carbocycles. The summed E-state index contributed by atoms with van der Waals surface area (Å²) in [5.41, 5.74) is 2.01. The van der Waals surface area contributed by atoms with E-state index in [1.54, 1.807) is 10.8 Å². The van der Waals surface area contributed by atoms with Gasteiger partial charge in [-0.25, -0.2) is 9.50 Å². The molecule has 0 fully saturated rings. The third kappa shape index (κ3) is 3.41. The summed E-state index contributed by atoms with van der Waals surface area (Å²) in [6, 6.07) is 0. The van der Waals surface area contributed by atoms with Crippen LogP contribution < -0.4 is 5.32 Å². The molecule has 2 aromatic rings. The van der Waals surface area contributed by atoms with E-state index in [1.165, 1.54) is 0 Å². The van der Waals surface area contributed by atoms with Gasteiger partial charge >= 0.3 is 0 Å². The Morgan fingerprint density at radius 2 is 2.26 bits per heavy atom. The van der Waals surface area contributed by atoms with Crippen molar-refractivity contribution in [3.63, 3.8) is 0 Å². The van der Waals surface area contributed by atoms with E-state index in [0.29, 0.717) is 11.9 Å². The summed E-state index contributed by atoms with van der Waals surface area (Å²) in [5.74, 6) is 1.05. The first-order valence-corrected chi connectivity index (χ1v) is 6.74. The molecule has 0 amide bonds. The fourth-order valence-electron chi connectivity index (χ4n) is 1.82. The maximum absolute atomic E-state index is 5.28. The van der Waals surface area contributed by atoms with E-state index in [2.05, 4.69) is 34.2 Å². The summed E-state index contributed by atoms with van der Waals surface area (Å²) in [5, 5.41) is 7.45. The maximum Gasteiger partial charge on any atom is 0.226 e. The Hall–Kier alpha value is -1.69. The van der Waals surface area contributed by atoms with E-state index in [0.717, 1.165) is 37.4 Å². The van der Waals surface area contributed by atoms with Crippen LogP contribution in [0.5, 0.6) is 0 Å². The third-order valence-corrected chi connectivity index (χ3v) is 2.87. The topological polar surface area (TPSA) is 64.3 Å². The summed E-state index contributed by atoms with van der Waals surface area (Å²) >= 11 is 0. The largest absolute Gasteiger partial charge is 0.382 e. The van der Waals surface area contributed by atoms with E-state index >= 15 is 0 Å². The van der Waals surface area contributed by atoms with Crippen molar-refractivity contribution in [2.24, 2.45) is 0 Å². The molecule has 2 heterocycles. The van der Waals surface area contributed by atoms with Crippen molar-refractivity contribution in [2.45, 2.75) is 33.1 Å². The summed E-state index contributed by atoms with van der Waals surface area (Å²) in [6.45, 7) is 8.59. The second kappa shape index (κ2) is 6.47. The lowest BCUT2D eigenvalue weighted by Crippen LogP contribution is -2.09. The van der Waals surface area contributed by atoms with Crippen LogP contribution in [0, 0.1) is 0 Å². The zero-order valence-corrected chi connectivity index (χ0v) is 11.8. The van der Waals surface area contributed by atoms with Crippen LogP contribution in [0.25, 0.3) is 5.65 Å². The molecule has 6 heteroatoms. The van der Waals surface area contributed by atoms with Gasteiger partial charge < -0.3 is 10.1 Å². The van der Waals surface area contributed by atoms with Crippen LogP contribution in [0.1, 0.15) is 38.7 Å². The number of ether oxygens (including phenoxy) is 1. The Balaban J connectivity index is 2.01. The number of hydrogen-bond acceptors (Lipinski definition) is 5. The molecule has 0 spiro atoms. The molecule has 0 radical (unpaired) electrons. The molecule has 0 aliphatic rings. The van der Waals surface area contributed by atoms with Crippen molar-refractivity contribution in [1.29, 1.82) is 0 Å². The van der Waals surface area contributed by atoms with E-state index in [4.69, 9.17) is 4.74 Å². The lowest BCUT2D eigenvalue weighted by molar-refractivity contribution is 0.147. The van der Waals surface area contributed by atoms with Gasteiger partial charge in [-0.05, 0) is 19.3 Å². The highest BCUT2D eigenvalue weighted by molar-refractivity contribution is 5.50. The first-order valence-electron chi connectivity index (χ1n) is 6.74. The molecule has 0 aromatic carbocycles. The Morgan fingerprint density at radius 3 is 3.00 bits per heavy atom. The number of hydrogen-bond donors (Lipinski definition) is 1. The summed E-state index contributed by atoms with van der Waals surface area (Å²) in [4.78, 5) is 8.75. The first-order chi connectivity index (χ1) is 9.22. The molecular weight excluding hydrogens is 242 g/mol. The lowest BCUT2D eigenvalue weighted by Gasteiger charge is -2.06. The van der Waals surface area contributed by atoms with Gasteiger partial charge in [-0.3, -0.25) is 0 Å². The van der Waals surface area contributed by atoms with E-state index in [1.807, 2.05) is 13.1 Å². The summed E-state index contributed by atoms with van der Waals surface area (Å²) in [7, 11) is 0. The molecule has 2 aromatic heterocycles. The van der Waals surface area contributed by atoms with Gasteiger partial charge in [0.15, 0.2) is 5.65 Å². The van der Waals surface area contributed by atoms with Gasteiger partial charge in [-0.2, -0.15) is 10.1 Å². The van der Waals surface area contributed by atoms with Crippen LogP contribution in [0.4, 0.5) is 5.95 Å². The Kier molecular flexibility index (Phi) is 4.68. The molecule has 0 aliphatic heterocycles. The lowest BCUT2D eigenvalue weighted by atomic mass is 10.1. The standard InChI is InChI=1S/C13H21N5O/c1-4-19-7-5-6-14-13-15-9-18-12(17-13)11(8-16-18)10(2)3/h8-10H,4-7H2,1-3H3,(H,14,17). The minimum atomic E-state index is 0.401. The van der Waals surface area contributed by atoms with Gasteiger partial charge in [0.1, 0.15) is 6.33 Å². The third-order valence-electron chi connectivity index (χ3n) is 2.87. The van der Waals surface area contributed by atoms with Crippen LogP contribution in [-0.2, 0) is 4.74 Å². The number of anilines is 1. The molecule has 1 N–H and O–H groups in total. The monoisotopic (exact) mass is 263 g/mol. The zero-order chi connectivity index (χ0) is 13.7. The number of nitrogens with zero attached hydrogens (tertiary/aromatic N) is 4. The molecule has 0 atom stereocenters. The Labute approximate surface area is 113 Å². The van der Waals surface area contributed by atoms with Crippen LogP contribution in [-0.4, -0.2) is 39.3 Å². The SMILES string of the molecule is CCOCCCNc1ncn2ncc(C(C)C)c2n1. The molecule has 6 nitrogen and oxygen atoms in total. The highest BCUT2D eigenvalue weighted by Crippen LogP contribution is 2.18. The van der Waals surface area contributed by atoms with Crippen molar-refractivity contribution < 1.29 is 4.74 Å². The van der Waals surface area contributed by atoms with E-state index in [9.17, 15) is 0 Å². The minimum absolute atomic E-state index is 0.401. The minimum Gasteiger partial charge on any atom is -0.382 e. The predicted octanol–water partition coefficient (Wildman–Crippen LogP) is 2.09. The summed E-state index contributed by atoms with van der Waals surface area (Å²) < 4.78 is 6.99. The number of nitrogens with one attached hydrogen (secondary N) is 1. The fraction of sp³-hybridized carbons (Fsp3) is 0.615. The van der Waals surface area contributed by atoms with Crippen LogP contribution in [0.15, 0.2) is 12.5 Å². The zero-order valence-electron chi connectivity index (χ0n) is 11.8. The van der Waals surface area contributed by atoms with Gasteiger partial charge in [0.25, 0.3) is 0 Å². The van der Waals surface area contributed by atoms with Crippen molar-refractivity contribution in [3.05, 3.63) is 18.1 Å². The van der Waals surface area contributed by atoms with Crippen LogP contribution >= 0.6 is 0 Å². The summed E-state index contributed by atoms with van der Waals surface area (Å²) in [6.07, 6.45) is 4.49. The second-order valence-corrected chi connectivity index (χ2v) is 4.68. The van der Waals surface area contributed by atoms with Crippen molar-refractivity contribution in [2.75, 3.05) is 25.1 Å². The molecule has 0 bridgehead atoms. The molecule has 104 valence electrons. The molecule has 19 heavy (non-hydrogen) atoms. The van der Waals surface area contributed by atoms with Crippen LogP contribution in [0.3, 0.4) is 0 Å². The highest BCUT2D eigenvalue weighted by atomic mass is 16.5. The van der Waals surface area contributed by atoms with Gasteiger partial charge in [-0.1, -0.05) is 13.8 Å². The molecular formula is C13H21N5O. The first kappa shape index (κ1) is 13.7. The van der Waals surface area contributed by atoms with E-state index in [-0.39, 0.29) is 0 Å². The van der Waals surface area contributed by atoms with Crippen molar-refractivity contribution >= 4 is 11.6 Å². The maximum atomic E-state index is 5.28. The van der Waals surface area contributed by atoms with Gasteiger partial charge in [0.05, 0.1) is 6.20 Å². The molecule has 2 rings (SSSR count). The molecule has 0 unspecified atom stereocenters. The second-order valence-electron chi connectivity index (χ2n) is 4.68. The molecule has 0 saturated heterocycles. The van der Waals surface area contributed by atoms with Gasteiger partial charge in [-0.15, -0.1) is 0 Å². The highest BCUT2D eigenvalue weighted by Gasteiger charge is 2.10. The normalized spacial score (nSPS) is 11.4. The average molecular weight is 263 g/mol. The Morgan fingerprint density at radius 1 is 1.42 bits per heavy atom. The van der Waals surface area contributed by atoms with Crippen LogP contribution in [0.2, 0.25) is 0 Å². The van der Waals surface area contributed by atoms with Crippen molar-refractivity contribution in [1.82, 2.24) is 19.6 Å².